The quantitative estimate of drug-likeness (QED) is 0.434. The minimum atomic E-state index is -0.472. The van der Waals surface area contributed by atoms with Crippen molar-refractivity contribution < 1.29 is 14.3 Å². The number of carbonyl (C=O) groups excluding carboxylic acids is 2. The summed E-state index contributed by atoms with van der Waals surface area (Å²) in [5.74, 6) is 0.166. The molecule has 0 unspecified atom stereocenters. The summed E-state index contributed by atoms with van der Waals surface area (Å²) in [7, 11) is 0. The fourth-order valence-corrected chi connectivity index (χ4v) is 2.86. The molecule has 0 aliphatic carbocycles. The number of imide groups is 1. The topological polar surface area (TPSA) is 58.6 Å². The number of rotatable bonds is 6. The first-order chi connectivity index (χ1) is 13.0. The lowest BCUT2D eigenvalue weighted by Crippen LogP contribution is -2.30. The van der Waals surface area contributed by atoms with E-state index in [9.17, 15) is 9.59 Å². The number of benzene rings is 2. The van der Waals surface area contributed by atoms with Crippen molar-refractivity contribution in [2.75, 3.05) is 6.54 Å². The molecule has 0 aromatic heterocycles. The molecule has 7 heteroatoms. The van der Waals surface area contributed by atoms with E-state index in [1.807, 2.05) is 18.2 Å². The second-order valence-corrected chi connectivity index (χ2v) is 6.58. The Hall–Kier alpha value is -2.76. The predicted octanol–water partition coefficient (Wildman–Crippen LogP) is 4.65. The molecule has 0 spiro atoms. The zero-order valence-corrected chi connectivity index (χ0v) is 15.8. The van der Waals surface area contributed by atoms with Crippen molar-refractivity contribution in [3.63, 3.8) is 0 Å². The van der Waals surface area contributed by atoms with Crippen molar-refractivity contribution in [3.8, 4) is 5.75 Å². The maximum absolute atomic E-state index is 12.3. The van der Waals surface area contributed by atoms with E-state index in [1.54, 1.807) is 30.3 Å². The van der Waals surface area contributed by atoms with Gasteiger partial charge in [-0.2, -0.15) is 0 Å². The molecule has 5 nitrogen and oxygen atoms in total. The molecule has 1 fully saturated rings. The van der Waals surface area contributed by atoms with E-state index in [2.05, 4.69) is 11.9 Å². The average Bonchev–Trinajstić information content (AvgIpc) is 2.91. The summed E-state index contributed by atoms with van der Waals surface area (Å²) in [6.07, 6.45) is 3.09. The molecule has 27 heavy (non-hydrogen) atoms. The van der Waals surface area contributed by atoms with Crippen LogP contribution in [0.2, 0.25) is 10.0 Å². The number of amides is 3. The van der Waals surface area contributed by atoms with Gasteiger partial charge in [0, 0.05) is 12.1 Å². The van der Waals surface area contributed by atoms with Gasteiger partial charge in [-0.25, -0.2) is 4.79 Å². The molecule has 2 aromatic rings. The second kappa shape index (κ2) is 8.29. The van der Waals surface area contributed by atoms with Crippen molar-refractivity contribution >= 4 is 41.2 Å². The molecule has 0 saturated carbocycles. The molecule has 138 valence electrons. The molecule has 3 amide bonds. The smallest absolute Gasteiger partial charge is 0.329 e. The van der Waals surface area contributed by atoms with Gasteiger partial charge in [0.25, 0.3) is 5.91 Å². The first-order valence-corrected chi connectivity index (χ1v) is 8.86. The van der Waals surface area contributed by atoms with Crippen LogP contribution in [0, 0.1) is 0 Å². The molecule has 1 aliphatic rings. The van der Waals surface area contributed by atoms with Crippen LogP contribution in [0.3, 0.4) is 0 Å². The van der Waals surface area contributed by atoms with Crippen LogP contribution >= 0.6 is 23.2 Å². The van der Waals surface area contributed by atoms with Gasteiger partial charge in [-0.3, -0.25) is 9.69 Å². The van der Waals surface area contributed by atoms with Crippen LogP contribution in [0.25, 0.3) is 6.08 Å². The average molecular weight is 403 g/mol. The molecule has 1 saturated heterocycles. The van der Waals surface area contributed by atoms with E-state index in [0.29, 0.717) is 21.4 Å². The Kier molecular flexibility index (Phi) is 5.84. The second-order valence-electron chi connectivity index (χ2n) is 5.77. The molecule has 2 aromatic carbocycles. The van der Waals surface area contributed by atoms with Gasteiger partial charge in [-0.05, 0) is 29.8 Å². The maximum Gasteiger partial charge on any atom is 0.329 e. The van der Waals surface area contributed by atoms with Crippen LogP contribution in [0.4, 0.5) is 4.79 Å². The van der Waals surface area contributed by atoms with Gasteiger partial charge < -0.3 is 10.1 Å². The minimum Gasteiger partial charge on any atom is -0.488 e. The van der Waals surface area contributed by atoms with Crippen molar-refractivity contribution in [1.82, 2.24) is 10.2 Å². The lowest BCUT2D eigenvalue weighted by Gasteiger charge is -2.10. The number of nitrogens with zero attached hydrogens (tertiary/aromatic N) is 1. The summed E-state index contributed by atoms with van der Waals surface area (Å²) in [6, 6.07) is 12.0. The van der Waals surface area contributed by atoms with Crippen LogP contribution < -0.4 is 10.1 Å². The van der Waals surface area contributed by atoms with Gasteiger partial charge >= 0.3 is 6.03 Å². The van der Waals surface area contributed by atoms with Gasteiger partial charge in [0.2, 0.25) is 0 Å². The van der Waals surface area contributed by atoms with E-state index < -0.39 is 11.9 Å². The van der Waals surface area contributed by atoms with Gasteiger partial charge in [0.15, 0.2) is 0 Å². The number of urea groups is 1. The largest absolute Gasteiger partial charge is 0.488 e. The Balaban J connectivity index is 1.80. The normalized spacial score (nSPS) is 15.2. The highest BCUT2D eigenvalue weighted by atomic mass is 35.5. The molecule has 0 atom stereocenters. The van der Waals surface area contributed by atoms with Gasteiger partial charge in [0.1, 0.15) is 18.1 Å². The number of ether oxygens (including phenoxy) is 1. The van der Waals surface area contributed by atoms with Crippen LogP contribution in [-0.2, 0) is 11.4 Å². The Morgan fingerprint density at radius 3 is 2.63 bits per heavy atom. The molecule has 1 N–H and O–H groups in total. The summed E-state index contributed by atoms with van der Waals surface area (Å²) in [4.78, 5) is 25.3. The number of hydrogen-bond acceptors (Lipinski definition) is 3. The summed E-state index contributed by atoms with van der Waals surface area (Å²) in [5, 5.41) is 3.50. The van der Waals surface area contributed by atoms with Crippen molar-refractivity contribution in [2.24, 2.45) is 0 Å². The van der Waals surface area contributed by atoms with E-state index >= 15 is 0 Å². The van der Waals surface area contributed by atoms with E-state index in [0.717, 1.165) is 10.5 Å². The Labute approximate surface area is 166 Å². The lowest BCUT2D eigenvalue weighted by molar-refractivity contribution is -0.122. The summed E-state index contributed by atoms with van der Waals surface area (Å²) >= 11 is 11.9. The zero-order chi connectivity index (χ0) is 19.4. The minimum absolute atomic E-state index is 0.150. The molecular weight excluding hydrogens is 387 g/mol. The number of nitrogens with one attached hydrogen (secondary N) is 1. The molecule has 0 radical (unpaired) electrons. The standard InChI is InChI=1S/C20H16Cl2N2O3/c1-2-9-24-19(25)17(23-20(24)26)11-14-5-3-4-6-18(14)27-12-13-7-8-15(21)16(22)10-13/h2-8,10-11H,1,9,12H2,(H,23,26)/b17-11+. The summed E-state index contributed by atoms with van der Waals surface area (Å²) < 4.78 is 5.86. The maximum atomic E-state index is 12.3. The fraction of sp³-hybridized carbons (Fsp3) is 0.100. The predicted molar refractivity (Wildman–Crippen MR) is 106 cm³/mol. The fourth-order valence-electron chi connectivity index (χ4n) is 2.54. The first kappa shape index (κ1) is 19.0. The van der Waals surface area contributed by atoms with Crippen molar-refractivity contribution in [3.05, 3.63) is 82.0 Å². The molecule has 3 rings (SSSR count). The van der Waals surface area contributed by atoms with Crippen molar-refractivity contribution in [1.29, 1.82) is 0 Å². The highest BCUT2D eigenvalue weighted by Crippen LogP contribution is 2.26. The monoisotopic (exact) mass is 402 g/mol. The van der Waals surface area contributed by atoms with E-state index in [1.165, 1.54) is 6.08 Å². The Morgan fingerprint density at radius 1 is 1.11 bits per heavy atom. The zero-order valence-electron chi connectivity index (χ0n) is 14.2. The molecule has 1 aliphatic heterocycles. The van der Waals surface area contributed by atoms with Crippen molar-refractivity contribution in [2.45, 2.75) is 6.61 Å². The van der Waals surface area contributed by atoms with Gasteiger partial charge in [0.05, 0.1) is 10.0 Å². The summed E-state index contributed by atoms with van der Waals surface area (Å²) in [5.41, 5.74) is 1.71. The van der Waals surface area contributed by atoms with Crippen LogP contribution in [-0.4, -0.2) is 23.4 Å². The highest BCUT2D eigenvalue weighted by Gasteiger charge is 2.32. The molecule has 1 heterocycles. The number of hydrogen-bond donors (Lipinski definition) is 1. The van der Waals surface area contributed by atoms with Crippen LogP contribution in [0.5, 0.6) is 5.75 Å². The Morgan fingerprint density at radius 2 is 1.89 bits per heavy atom. The van der Waals surface area contributed by atoms with Crippen LogP contribution in [0.15, 0.2) is 60.8 Å². The van der Waals surface area contributed by atoms with Gasteiger partial charge in [-0.15, -0.1) is 6.58 Å². The number of carbonyl (C=O) groups is 2. The molecule has 0 bridgehead atoms. The summed E-state index contributed by atoms with van der Waals surface area (Å²) in [6.45, 7) is 3.98. The highest BCUT2D eigenvalue weighted by molar-refractivity contribution is 6.42. The number of para-hydroxylation sites is 1. The third kappa shape index (κ3) is 4.32. The Bertz CT molecular complexity index is 941. The van der Waals surface area contributed by atoms with E-state index in [-0.39, 0.29) is 18.8 Å². The number of halogens is 2. The van der Waals surface area contributed by atoms with Gasteiger partial charge in [-0.1, -0.05) is 53.5 Å². The lowest BCUT2D eigenvalue weighted by atomic mass is 10.1. The molecular formula is C20H16Cl2N2O3. The van der Waals surface area contributed by atoms with Crippen LogP contribution in [0.1, 0.15) is 11.1 Å². The van der Waals surface area contributed by atoms with E-state index in [4.69, 9.17) is 27.9 Å². The third-order valence-electron chi connectivity index (χ3n) is 3.87. The third-order valence-corrected chi connectivity index (χ3v) is 4.61. The SMILES string of the molecule is C=CCN1C(=O)N/C(=C/c2ccccc2OCc2ccc(Cl)c(Cl)c2)C1=O. The first-order valence-electron chi connectivity index (χ1n) is 8.11.